The van der Waals surface area contributed by atoms with Gasteiger partial charge in [0.15, 0.2) is 0 Å². The first kappa shape index (κ1) is 17.8. The molecule has 0 aliphatic rings. The highest BCUT2D eigenvalue weighted by Crippen LogP contribution is 2.14. The smallest absolute Gasteiger partial charge is 0.251 e. The summed E-state index contributed by atoms with van der Waals surface area (Å²) in [4.78, 5) is 23.9. The fraction of sp³-hybridized carbons (Fsp3) is 0.222. The normalized spacial score (nSPS) is 10.1. The van der Waals surface area contributed by atoms with E-state index in [0.29, 0.717) is 22.8 Å². The molecule has 0 unspecified atom stereocenters. The van der Waals surface area contributed by atoms with Gasteiger partial charge in [-0.25, -0.2) is 0 Å². The SMILES string of the molecule is CCCNC(=O)c1cccc(NC(=O)CNc2ccc(Cl)cc2)c1. The summed E-state index contributed by atoms with van der Waals surface area (Å²) in [6.45, 7) is 2.74. The molecule has 0 heterocycles. The maximum absolute atomic E-state index is 12.0. The third-order valence-electron chi connectivity index (χ3n) is 3.24. The Bertz CT molecular complexity index is 702. The lowest BCUT2D eigenvalue weighted by molar-refractivity contribution is -0.114. The molecular weight excluding hydrogens is 326 g/mol. The molecule has 0 aliphatic carbocycles. The lowest BCUT2D eigenvalue weighted by Gasteiger charge is -2.09. The summed E-state index contributed by atoms with van der Waals surface area (Å²) >= 11 is 5.81. The van der Waals surface area contributed by atoms with Crippen molar-refractivity contribution < 1.29 is 9.59 Å². The van der Waals surface area contributed by atoms with Gasteiger partial charge < -0.3 is 16.0 Å². The third-order valence-corrected chi connectivity index (χ3v) is 3.49. The summed E-state index contributed by atoms with van der Waals surface area (Å²) in [5.74, 6) is -0.344. The first-order valence-electron chi connectivity index (χ1n) is 7.76. The Morgan fingerprint density at radius 2 is 1.79 bits per heavy atom. The van der Waals surface area contributed by atoms with E-state index in [1.165, 1.54) is 0 Å². The van der Waals surface area contributed by atoms with Gasteiger partial charge in [-0.3, -0.25) is 9.59 Å². The first-order chi connectivity index (χ1) is 11.6. The van der Waals surface area contributed by atoms with Crippen LogP contribution in [0, 0.1) is 0 Å². The maximum atomic E-state index is 12.0. The van der Waals surface area contributed by atoms with Gasteiger partial charge in [-0.15, -0.1) is 0 Å². The standard InChI is InChI=1S/C18H20ClN3O2/c1-2-10-20-18(24)13-4-3-5-16(11-13)22-17(23)12-21-15-8-6-14(19)7-9-15/h3-9,11,21H,2,10,12H2,1H3,(H,20,24)(H,22,23). The number of halogens is 1. The van der Waals surface area contributed by atoms with Crippen LogP contribution in [0.3, 0.4) is 0 Å². The number of hydrogen-bond acceptors (Lipinski definition) is 3. The monoisotopic (exact) mass is 345 g/mol. The van der Waals surface area contributed by atoms with E-state index in [-0.39, 0.29) is 18.4 Å². The van der Waals surface area contributed by atoms with E-state index in [1.807, 2.05) is 6.92 Å². The number of rotatable bonds is 7. The number of benzene rings is 2. The maximum Gasteiger partial charge on any atom is 0.251 e. The quantitative estimate of drug-likeness (QED) is 0.719. The largest absolute Gasteiger partial charge is 0.376 e. The van der Waals surface area contributed by atoms with Crippen LogP contribution in [0.5, 0.6) is 0 Å². The first-order valence-corrected chi connectivity index (χ1v) is 8.14. The van der Waals surface area contributed by atoms with Gasteiger partial charge in [-0.1, -0.05) is 24.6 Å². The number of anilines is 2. The Labute approximate surface area is 146 Å². The zero-order valence-electron chi connectivity index (χ0n) is 13.4. The zero-order valence-corrected chi connectivity index (χ0v) is 14.2. The van der Waals surface area contributed by atoms with Crippen molar-refractivity contribution in [3.05, 3.63) is 59.1 Å². The number of carbonyl (C=O) groups is 2. The van der Waals surface area contributed by atoms with Crippen molar-refractivity contribution in [1.82, 2.24) is 5.32 Å². The van der Waals surface area contributed by atoms with Gasteiger partial charge in [0.05, 0.1) is 6.54 Å². The van der Waals surface area contributed by atoms with E-state index < -0.39 is 0 Å². The predicted molar refractivity (Wildman–Crippen MR) is 97.6 cm³/mol. The molecule has 0 spiro atoms. The van der Waals surface area contributed by atoms with Crippen molar-refractivity contribution in [1.29, 1.82) is 0 Å². The lowest BCUT2D eigenvalue weighted by atomic mass is 10.2. The number of carbonyl (C=O) groups excluding carboxylic acids is 2. The van der Waals surface area contributed by atoms with E-state index in [1.54, 1.807) is 48.5 Å². The Balaban J connectivity index is 1.89. The Kier molecular flexibility index (Phi) is 6.63. The van der Waals surface area contributed by atoms with Gasteiger partial charge in [0.1, 0.15) is 0 Å². The molecule has 6 heteroatoms. The van der Waals surface area contributed by atoms with E-state index in [0.717, 1.165) is 12.1 Å². The molecule has 0 radical (unpaired) electrons. The van der Waals surface area contributed by atoms with Crippen LogP contribution in [0.25, 0.3) is 0 Å². The second-order valence-electron chi connectivity index (χ2n) is 5.25. The minimum atomic E-state index is -0.198. The fourth-order valence-electron chi connectivity index (χ4n) is 2.03. The average Bonchev–Trinajstić information content (AvgIpc) is 2.59. The van der Waals surface area contributed by atoms with Crippen molar-refractivity contribution in [3.63, 3.8) is 0 Å². The topological polar surface area (TPSA) is 70.2 Å². The van der Waals surface area contributed by atoms with Crippen LogP contribution in [0.4, 0.5) is 11.4 Å². The molecule has 0 bridgehead atoms. The summed E-state index contributed by atoms with van der Waals surface area (Å²) in [5, 5.41) is 9.22. The van der Waals surface area contributed by atoms with E-state index >= 15 is 0 Å². The summed E-state index contributed by atoms with van der Waals surface area (Å²) in [5.41, 5.74) is 1.91. The van der Waals surface area contributed by atoms with Gasteiger partial charge in [-0.05, 0) is 48.9 Å². The molecule has 2 aromatic rings. The van der Waals surface area contributed by atoms with Crippen molar-refractivity contribution >= 4 is 34.8 Å². The molecule has 2 amide bonds. The molecule has 2 aromatic carbocycles. The van der Waals surface area contributed by atoms with Crippen molar-refractivity contribution in [2.45, 2.75) is 13.3 Å². The fourth-order valence-corrected chi connectivity index (χ4v) is 2.16. The summed E-state index contributed by atoms with van der Waals surface area (Å²) in [6.07, 6.45) is 0.874. The van der Waals surface area contributed by atoms with Crippen LogP contribution < -0.4 is 16.0 Å². The molecule has 3 N–H and O–H groups in total. The second kappa shape index (κ2) is 8.93. The van der Waals surface area contributed by atoms with Crippen LogP contribution in [0.2, 0.25) is 5.02 Å². The van der Waals surface area contributed by atoms with Gasteiger partial charge in [0.25, 0.3) is 5.91 Å². The van der Waals surface area contributed by atoms with Crippen LogP contribution >= 0.6 is 11.6 Å². The summed E-state index contributed by atoms with van der Waals surface area (Å²) < 4.78 is 0. The summed E-state index contributed by atoms with van der Waals surface area (Å²) in [6, 6.07) is 14.0. The molecule has 24 heavy (non-hydrogen) atoms. The molecule has 5 nitrogen and oxygen atoms in total. The van der Waals surface area contributed by atoms with Crippen LogP contribution in [-0.4, -0.2) is 24.9 Å². The van der Waals surface area contributed by atoms with Crippen LogP contribution in [0.15, 0.2) is 48.5 Å². The molecule has 0 saturated carbocycles. The molecule has 2 rings (SSSR count). The second-order valence-corrected chi connectivity index (χ2v) is 5.68. The lowest BCUT2D eigenvalue weighted by Crippen LogP contribution is -2.24. The molecule has 0 fully saturated rings. The Morgan fingerprint density at radius 3 is 2.50 bits per heavy atom. The molecule has 0 aromatic heterocycles. The van der Waals surface area contributed by atoms with Gasteiger partial charge >= 0.3 is 0 Å². The highest BCUT2D eigenvalue weighted by Gasteiger charge is 2.07. The van der Waals surface area contributed by atoms with Crippen molar-refractivity contribution in [3.8, 4) is 0 Å². The number of hydrogen-bond donors (Lipinski definition) is 3. The van der Waals surface area contributed by atoms with Crippen LogP contribution in [-0.2, 0) is 4.79 Å². The molecule has 126 valence electrons. The average molecular weight is 346 g/mol. The minimum Gasteiger partial charge on any atom is -0.376 e. The molecule has 0 atom stereocenters. The highest BCUT2D eigenvalue weighted by atomic mass is 35.5. The van der Waals surface area contributed by atoms with Gasteiger partial charge in [0.2, 0.25) is 5.91 Å². The summed E-state index contributed by atoms with van der Waals surface area (Å²) in [7, 11) is 0. The zero-order chi connectivity index (χ0) is 17.4. The van der Waals surface area contributed by atoms with E-state index in [2.05, 4.69) is 16.0 Å². The Morgan fingerprint density at radius 1 is 1.04 bits per heavy atom. The molecule has 0 saturated heterocycles. The number of nitrogens with one attached hydrogen (secondary N) is 3. The van der Waals surface area contributed by atoms with Crippen molar-refractivity contribution in [2.75, 3.05) is 23.7 Å². The molecular formula is C18H20ClN3O2. The molecule has 0 aliphatic heterocycles. The Hall–Kier alpha value is -2.53. The van der Waals surface area contributed by atoms with Crippen molar-refractivity contribution in [2.24, 2.45) is 0 Å². The van der Waals surface area contributed by atoms with Crippen LogP contribution in [0.1, 0.15) is 23.7 Å². The van der Waals surface area contributed by atoms with E-state index in [4.69, 9.17) is 11.6 Å². The number of amides is 2. The van der Waals surface area contributed by atoms with E-state index in [9.17, 15) is 9.59 Å². The highest BCUT2D eigenvalue weighted by molar-refractivity contribution is 6.30. The third kappa shape index (κ3) is 5.59. The predicted octanol–water partition coefficient (Wildman–Crippen LogP) is 3.53. The van der Waals surface area contributed by atoms with Gasteiger partial charge in [-0.2, -0.15) is 0 Å². The minimum absolute atomic E-state index is 0.119. The van der Waals surface area contributed by atoms with Gasteiger partial charge in [0, 0.05) is 28.5 Å².